The van der Waals surface area contributed by atoms with Gasteiger partial charge in [-0.25, -0.2) is 13.9 Å². The molecule has 0 amide bonds. The van der Waals surface area contributed by atoms with Gasteiger partial charge in [-0.3, -0.25) is 0 Å². The average Bonchev–Trinajstić information content (AvgIpc) is 3.08. The van der Waals surface area contributed by atoms with Crippen LogP contribution in [0.3, 0.4) is 0 Å². The van der Waals surface area contributed by atoms with Gasteiger partial charge in [0.2, 0.25) is 0 Å². The monoisotopic (exact) mass is 441 g/mol. The van der Waals surface area contributed by atoms with E-state index in [0.29, 0.717) is 23.3 Å². The maximum absolute atomic E-state index is 12.9. The van der Waals surface area contributed by atoms with Gasteiger partial charge in [-0.1, -0.05) is 30.3 Å². The molecule has 6 nitrogen and oxygen atoms in total. The molecular formula is C23H18F3N3O3. The molecule has 0 aliphatic carbocycles. The molecule has 0 saturated heterocycles. The Morgan fingerprint density at radius 2 is 1.78 bits per heavy atom. The van der Waals surface area contributed by atoms with E-state index in [9.17, 15) is 18.0 Å². The molecule has 1 aliphatic rings. The first kappa shape index (κ1) is 20.2. The number of rotatable bonds is 4. The third kappa shape index (κ3) is 4.05. The molecule has 0 radical (unpaired) electrons. The molecule has 0 bridgehead atoms. The lowest BCUT2D eigenvalue weighted by Crippen LogP contribution is -2.33. The number of ether oxygens (including phenoxy) is 2. The van der Waals surface area contributed by atoms with E-state index >= 15 is 0 Å². The highest BCUT2D eigenvalue weighted by Crippen LogP contribution is 2.28. The van der Waals surface area contributed by atoms with E-state index in [1.165, 1.54) is 33.3 Å². The minimum atomic E-state index is -4.74. The first-order valence-electron chi connectivity index (χ1n) is 10.1. The number of fused-ring (bicyclic) bond motifs is 2. The molecule has 1 unspecified atom stereocenters. The van der Waals surface area contributed by atoms with E-state index in [1.54, 1.807) is 18.3 Å². The van der Waals surface area contributed by atoms with Gasteiger partial charge in [0.25, 0.3) is 0 Å². The highest BCUT2D eigenvalue weighted by atomic mass is 19.4. The minimum absolute atomic E-state index is 0.159. The summed E-state index contributed by atoms with van der Waals surface area (Å²) in [4.78, 5) is 12.9. The van der Waals surface area contributed by atoms with Crippen LogP contribution in [0.2, 0.25) is 0 Å². The zero-order valence-corrected chi connectivity index (χ0v) is 16.7. The molecule has 1 atom stereocenters. The van der Waals surface area contributed by atoms with Gasteiger partial charge in [0.15, 0.2) is 5.65 Å². The Kier molecular flexibility index (Phi) is 4.88. The third-order valence-corrected chi connectivity index (χ3v) is 5.38. The van der Waals surface area contributed by atoms with Gasteiger partial charge in [0, 0.05) is 6.20 Å². The summed E-state index contributed by atoms with van der Waals surface area (Å²) in [6.45, 7) is 0.327. The molecule has 5 rings (SSSR count). The predicted octanol–water partition coefficient (Wildman–Crippen LogP) is 4.46. The summed E-state index contributed by atoms with van der Waals surface area (Å²) in [6.07, 6.45) is -1.62. The largest absolute Gasteiger partial charge is 0.573 e. The highest BCUT2D eigenvalue weighted by molar-refractivity contribution is 5.65. The van der Waals surface area contributed by atoms with E-state index in [-0.39, 0.29) is 17.5 Å². The molecule has 4 aromatic rings. The number of para-hydroxylation sites is 1. The molecule has 0 fully saturated rings. The molecule has 2 aromatic heterocycles. The molecule has 0 N–H and O–H groups in total. The Balaban J connectivity index is 1.38. The van der Waals surface area contributed by atoms with Gasteiger partial charge in [0.1, 0.15) is 17.6 Å². The summed E-state index contributed by atoms with van der Waals surface area (Å²) in [5.74, 6) is 0.530. The normalized spacial score (nSPS) is 15.9. The van der Waals surface area contributed by atoms with Gasteiger partial charge in [-0.15, -0.1) is 18.3 Å². The minimum Gasteiger partial charge on any atom is -0.488 e. The standard InChI is InChI=1S/C23H18F3N3O3/c24-23(25,26)32-18-9-5-15(6-10-18)17-8-12-21-27-29(22(30)28(21)13-17)14-19-11-7-16-3-1-2-4-20(16)31-19/h1-6,8-10,12-13,19H,7,11,14H2. The van der Waals surface area contributed by atoms with E-state index in [0.717, 1.165) is 24.2 Å². The Hall–Kier alpha value is -3.75. The summed E-state index contributed by atoms with van der Waals surface area (Å²) in [6, 6.07) is 16.8. The fraction of sp³-hybridized carbons (Fsp3) is 0.217. The van der Waals surface area contributed by atoms with Gasteiger partial charge < -0.3 is 9.47 Å². The Morgan fingerprint density at radius 1 is 1.03 bits per heavy atom. The van der Waals surface area contributed by atoms with Crippen molar-refractivity contribution in [2.75, 3.05) is 0 Å². The molecule has 3 heterocycles. The van der Waals surface area contributed by atoms with Crippen molar-refractivity contribution in [1.29, 1.82) is 0 Å². The molecule has 0 saturated carbocycles. The van der Waals surface area contributed by atoms with Crippen molar-refractivity contribution in [3.8, 4) is 22.6 Å². The average molecular weight is 441 g/mol. The van der Waals surface area contributed by atoms with Crippen molar-refractivity contribution in [3.05, 3.63) is 82.9 Å². The zero-order chi connectivity index (χ0) is 22.3. The van der Waals surface area contributed by atoms with Gasteiger partial charge in [-0.05, 0) is 59.9 Å². The van der Waals surface area contributed by atoms with Crippen LogP contribution in [-0.4, -0.2) is 26.6 Å². The van der Waals surface area contributed by atoms with E-state index < -0.39 is 6.36 Å². The van der Waals surface area contributed by atoms with Crippen LogP contribution >= 0.6 is 0 Å². The second-order valence-electron chi connectivity index (χ2n) is 7.57. The molecule has 2 aromatic carbocycles. The predicted molar refractivity (Wildman–Crippen MR) is 111 cm³/mol. The zero-order valence-electron chi connectivity index (χ0n) is 16.7. The van der Waals surface area contributed by atoms with Crippen LogP contribution in [0, 0.1) is 0 Å². The summed E-state index contributed by atoms with van der Waals surface area (Å²) in [7, 11) is 0. The summed E-state index contributed by atoms with van der Waals surface area (Å²) in [5.41, 5.74) is 2.64. The molecule has 32 heavy (non-hydrogen) atoms. The summed E-state index contributed by atoms with van der Waals surface area (Å²) in [5, 5.41) is 4.39. The van der Waals surface area contributed by atoms with Crippen LogP contribution in [0.15, 0.2) is 71.7 Å². The Bertz CT molecular complexity index is 1330. The first-order valence-corrected chi connectivity index (χ1v) is 10.1. The van der Waals surface area contributed by atoms with Crippen LogP contribution in [0.1, 0.15) is 12.0 Å². The van der Waals surface area contributed by atoms with Crippen LogP contribution in [0.4, 0.5) is 13.2 Å². The third-order valence-electron chi connectivity index (χ3n) is 5.38. The van der Waals surface area contributed by atoms with E-state index in [1.807, 2.05) is 24.3 Å². The second kappa shape index (κ2) is 7.74. The second-order valence-corrected chi connectivity index (χ2v) is 7.57. The molecule has 9 heteroatoms. The van der Waals surface area contributed by atoms with Crippen molar-refractivity contribution in [1.82, 2.24) is 14.2 Å². The maximum Gasteiger partial charge on any atom is 0.573 e. The van der Waals surface area contributed by atoms with Crippen LogP contribution in [0.5, 0.6) is 11.5 Å². The van der Waals surface area contributed by atoms with Crippen molar-refractivity contribution in [2.24, 2.45) is 0 Å². The Morgan fingerprint density at radius 3 is 2.56 bits per heavy atom. The fourth-order valence-electron chi connectivity index (χ4n) is 3.86. The number of nitrogens with zero attached hydrogens (tertiary/aromatic N) is 3. The first-order chi connectivity index (χ1) is 15.4. The number of pyridine rings is 1. The van der Waals surface area contributed by atoms with Gasteiger partial charge in [-0.2, -0.15) is 0 Å². The molecule has 164 valence electrons. The summed E-state index contributed by atoms with van der Waals surface area (Å²) < 4.78 is 49.8. The van der Waals surface area contributed by atoms with Crippen molar-refractivity contribution in [2.45, 2.75) is 31.9 Å². The molecule has 0 spiro atoms. The van der Waals surface area contributed by atoms with Crippen molar-refractivity contribution >= 4 is 5.65 Å². The SMILES string of the molecule is O=c1n(CC2CCc3ccccc3O2)nc2ccc(-c3ccc(OC(F)(F)F)cc3)cn12. The number of aromatic nitrogens is 3. The van der Waals surface area contributed by atoms with Crippen LogP contribution < -0.4 is 15.2 Å². The number of hydrogen-bond acceptors (Lipinski definition) is 4. The topological polar surface area (TPSA) is 57.8 Å². The Labute approximate surface area is 180 Å². The lowest BCUT2D eigenvalue weighted by atomic mass is 10.0. The van der Waals surface area contributed by atoms with Crippen molar-refractivity contribution < 1.29 is 22.6 Å². The highest BCUT2D eigenvalue weighted by Gasteiger charge is 2.31. The number of alkyl halides is 3. The van der Waals surface area contributed by atoms with Gasteiger partial charge in [0.05, 0.1) is 6.54 Å². The lowest BCUT2D eigenvalue weighted by molar-refractivity contribution is -0.274. The smallest absolute Gasteiger partial charge is 0.488 e. The number of benzene rings is 2. The van der Waals surface area contributed by atoms with Gasteiger partial charge >= 0.3 is 12.1 Å². The van der Waals surface area contributed by atoms with Crippen LogP contribution in [0.25, 0.3) is 16.8 Å². The van der Waals surface area contributed by atoms with E-state index in [2.05, 4.69) is 9.84 Å². The molecular weight excluding hydrogens is 423 g/mol. The van der Waals surface area contributed by atoms with Crippen molar-refractivity contribution in [3.63, 3.8) is 0 Å². The number of halogens is 3. The maximum atomic E-state index is 12.9. The number of aryl methyl sites for hydroxylation is 1. The number of hydrogen-bond donors (Lipinski definition) is 0. The molecule has 1 aliphatic heterocycles. The van der Waals surface area contributed by atoms with E-state index in [4.69, 9.17) is 4.74 Å². The summed E-state index contributed by atoms with van der Waals surface area (Å²) >= 11 is 0. The quantitative estimate of drug-likeness (QED) is 0.470. The lowest BCUT2D eigenvalue weighted by Gasteiger charge is -2.25. The van der Waals surface area contributed by atoms with Crippen LogP contribution in [-0.2, 0) is 13.0 Å². The fourth-order valence-corrected chi connectivity index (χ4v) is 3.86.